The van der Waals surface area contributed by atoms with Gasteiger partial charge in [-0.25, -0.2) is 0 Å². The second kappa shape index (κ2) is 7.97. The summed E-state index contributed by atoms with van der Waals surface area (Å²) < 4.78 is 0. The monoisotopic (exact) mass is 323 g/mol. The zero-order chi connectivity index (χ0) is 16.8. The van der Waals surface area contributed by atoms with Crippen molar-refractivity contribution >= 4 is 17.3 Å². The lowest BCUT2D eigenvalue weighted by molar-refractivity contribution is -0.118. The molecule has 2 aromatic rings. The van der Waals surface area contributed by atoms with Gasteiger partial charge in [-0.2, -0.15) is 0 Å². The molecule has 2 aromatic carbocycles. The number of hydrogen-bond acceptors (Lipinski definition) is 3. The topological polar surface area (TPSA) is 35.6 Å². The predicted octanol–water partition coefficient (Wildman–Crippen LogP) is 3.04. The Morgan fingerprint density at radius 3 is 2.46 bits per heavy atom. The third kappa shape index (κ3) is 3.77. The lowest BCUT2D eigenvalue weighted by atomic mass is 10.1. The second-order valence-electron chi connectivity index (χ2n) is 6.15. The molecule has 1 aliphatic heterocycles. The highest BCUT2D eigenvalue weighted by molar-refractivity contribution is 5.97. The molecule has 0 aromatic heterocycles. The first-order valence-corrected chi connectivity index (χ1v) is 8.62. The first kappa shape index (κ1) is 16.5. The minimum absolute atomic E-state index is 0.193. The van der Waals surface area contributed by atoms with E-state index in [4.69, 9.17) is 0 Å². The summed E-state index contributed by atoms with van der Waals surface area (Å²) in [5.41, 5.74) is 3.48. The molecule has 0 bridgehead atoms. The summed E-state index contributed by atoms with van der Waals surface area (Å²) in [4.78, 5) is 16.9. The van der Waals surface area contributed by atoms with Crippen molar-refractivity contribution in [3.05, 3.63) is 60.2 Å². The third-order valence-electron chi connectivity index (χ3n) is 4.43. The average molecular weight is 323 g/mol. The van der Waals surface area contributed by atoms with E-state index in [1.54, 1.807) is 0 Å². The first-order chi connectivity index (χ1) is 11.8. The summed E-state index contributed by atoms with van der Waals surface area (Å²) in [5.74, 6) is 0.193. The van der Waals surface area contributed by atoms with Crippen LogP contribution in [0.5, 0.6) is 0 Å². The number of fused-ring (bicyclic) bond motifs is 1. The molecule has 1 amide bonds. The molecule has 1 aliphatic rings. The van der Waals surface area contributed by atoms with Gasteiger partial charge in [-0.1, -0.05) is 42.5 Å². The molecule has 24 heavy (non-hydrogen) atoms. The Balaban J connectivity index is 1.86. The second-order valence-corrected chi connectivity index (χ2v) is 6.15. The van der Waals surface area contributed by atoms with Gasteiger partial charge in [-0.15, -0.1) is 0 Å². The Morgan fingerprint density at radius 2 is 1.71 bits per heavy atom. The van der Waals surface area contributed by atoms with E-state index < -0.39 is 0 Å². The van der Waals surface area contributed by atoms with Crippen LogP contribution < -0.4 is 15.1 Å². The highest BCUT2D eigenvalue weighted by Crippen LogP contribution is 2.33. The lowest BCUT2D eigenvalue weighted by Crippen LogP contribution is -2.33. The Labute approximate surface area is 144 Å². The van der Waals surface area contributed by atoms with Gasteiger partial charge in [-0.05, 0) is 31.2 Å². The van der Waals surface area contributed by atoms with Gasteiger partial charge >= 0.3 is 0 Å². The van der Waals surface area contributed by atoms with Crippen LogP contribution in [0.2, 0.25) is 0 Å². The molecule has 0 fully saturated rings. The zero-order valence-electron chi connectivity index (χ0n) is 14.2. The van der Waals surface area contributed by atoms with E-state index in [-0.39, 0.29) is 5.91 Å². The van der Waals surface area contributed by atoms with E-state index in [0.29, 0.717) is 13.0 Å². The van der Waals surface area contributed by atoms with Crippen molar-refractivity contribution in [2.75, 3.05) is 36.5 Å². The third-order valence-corrected chi connectivity index (χ3v) is 4.43. The van der Waals surface area contributed by atoms with Gasteiger partial charge in [0.05, 0.1) is 11.4 Å². The number of benzene rings is 2. The molecule has 1 N–H and O–H groups in total. The molecule has 0 radical (unpaired) electrons. The number of carbonyl (C=O) groups excluding carboxylic acids is 1. The molecule has 0 unspecified atom stereocenters. The average Bonchev–Trinajstić information content (AvgIpc) is 2.81. The molecule has 126 valence electrons. The first-order valence-electron chi connectivity index (χ1n) is 8.62. The van der Waals surface area contributed by atoms with Crippen molar-refractivity contribution in [1.82, 2.24) is 5.32 Å². The van der Waals surface area contributed by atoms with E-state index in [1.807, 2.05) is 24.1 Å². The maximum atomic E-state index is 12.6. The maximum absolute atomic E-state index is 12.6. The molecule has 4 nitrogen and oxygen atoms in total. The van der Waals surface area contributed by atoms with Crippen LogP contribution in [0.4, 0.5) is 11.4 Å². The maximum Gasteiger partial charge on any atom is 0.228 e. The Morgan fingerprint density at radius 1 is 1.00 bits per heavy atom. The summed E-state index contributed by atoms with van der Waals surface area (Å²) >= 11 is 0. The molecule has 0 saturated carbocycles. The Bertz CT molecular complexity index is 672. The molecule has 4 heteroatoms. The summed E-state index contributed by atoms with van der Waals surface area (Å²) in [6.45, 7) is 3.33. The molecular formula is C20H25N3O. The number of rotatable bonds is 5. The normalized spacial score (nSPS) is 14.2. The Kier molecular flexibility index (Phi) is 5.49. The van der Waals surface area contributed by atoms with Gasteiger partial charge in [0, 0.05) is 32.6 Å². The van der Waals surface area contributed by atoms with Crippen LogP contribution >= 0.6 is 0 Å². The van der Waals surface area contributed by atoms with Crippen LogP contribution in [0.15, 0.2) is 54.6 Å². The summed E-state index contributed by atoms with van der Waals surface area (Å²) in [5, 5.41) is 3.06. The summed E-state index contributed by atoms with van der Waals surface area (Å²) in [6.07, 6.45) is 1.51. The van der Waals surface area contributed by atoms with Crippen molar-refractivity contribution in [3.63, 3.8) is 0 Å². The predicted molar refractivity (Wildman–Crippen MR) is 99.4 cm³/mol. The fourth-order valence-electron chi connectivity index (χ4n) is 3.21. The van der Waals surface area contributed by atoms with Gasteiger partial charge in [0.25, 0.3) is 0 Å². The van der Waals surface area contributed by atoms with Gasteiger partial charge in [0.15, 0.2) is 0 Å². The van der Waals surface area contributed by atoms with E-state index in [9.17, 15) is 4.79 Å². The standard InChI is InChI=1S/C20H25N3O/c1-21-13-12-20(24)23-15-7-14-22(16-17-8-3-2-4-9-17)18-10-5-6-11-19(18)23/h2-6,8-11,21H,7,12-16H2,1H3. The molecular weight excluding hydrogens is 298 g/mol. The van der Waals surface area contributed by atoms with Crippen molar-refractivity contribution in [2.24, 2.45) is 0 Å². The van der Waals surface area contributed by atoms with Crippen LogP contribution in [0.1, 0.15) is 18.4 Å². The largest absolute Gasteiger partial charge is 0.365 e. The van der Waals surface area contributed by atoms with Gasteiger partial charge < -0.3 is 15.1 Å². The number of para-hydroxylation sites is 2. The van der Waals surface area contributed by atoms with Crippen molar-refractivity contribution in [1.29, 1.82) is 0 Å². The minimum Gasteiger partial charge on any atom is -0.365 e. The SMILES string of the molecule is CNCCC(=O)N1CCCN(Cc2ccccc2)c2ccccc21. The number of nitrogens with zero attached hydrogens (tertiary/aromatic N) is 2. The van der Waals surface area contributed by atoms with Gasteiger partial charge in [0.2, 0.25) is 5.91 Å². The molecule has 0 spiro atoms. The number of amides is 1. The molecule has 0 saturated heterocycles. The van der Waals surface area contributed by atoms with Crippen LogP contribution in [0.3, 0.4) is 0 Å². The lowest BCUT2D eigenvalue weighted by Gasteiger charge is -2.27. The fraction of sp³-hybridized carbons (Fsp3) is 0.350. The van der Waals surface area contributed by atoms with E-state index in [1.165, 1.54) is 5.56 Å². The van der Waals surface area contributed by atoms with Crippen molar-refractivity contribution in [3.8, 4) is 0 Å². The molecule has 1 heterocycles. The van der Waals surface area contributed by atoms with Gasteiger partial charge in [-0.3, -0.25) is 4.79 Å². The quantitative estimate of drug-likeness (QED) is 0.919. The molecule has 3 rings (SSSR count). The molecule has 0 aliphatic carbocycles. The zero-order valence-corrected chi connectivity index (χ0v) is 14.2. The van der Waals surface area contributed by atoms with E-state index in [2.05, 4.69) is 52.7 Å². The Hall–Kier alpha value is -2.33. The number of nitrogens with one attached hydrogen (secondary N) is 1. The summed E-state index contributed by atoms with van der Waals surface area (Å²) in [7, 11) is 1.88. The van der Waals surface area contributed by atoms with Crippen LogP contribution in [0, 0.1) is 0 Å². The number of hydrogen-bond donors (Lipinski definition) is 1. The van der Waals surface area contributed by atoms with Crippen molar-refractivity contribution in [2.45, 2.75) is 19.4 Å². The highest BCUT2D eigenvalue weighted by atomic mass is 16.2. The van der Waals surface area contributed by atoms with E-state index >= 15 is 0 Å². The van der Waals surface area contributed by atoms with Crippen LogP contribution in [0.25, 0.3) is 0 Å². The molecule has 0 atom stereocenters. The highest BCUT2D eigenvalue weighted by Gasteiger charge is 2.24. The van der Waals surface area contributed by atoms with Gasteiger partial charge in [0.1, 0.15) is 0 Å². The van der Waals surface area contributed by atoms with Crippen molar-refractivity contribution < 1.29 is 4.79 Å². The summed E-state index contributed by atoms with van der Waals surface area (Å²) in [6, 6.07) is 18.8. The smallest absolute Gasteiger partial charge is 0.228 e. The number of anilines is 2. The minimum atomic E-state index is 0.193. The fourth-order valence-corrected chi connectivity index (χ4v) is 3.21. The van der Waals surface area contributed by atoms with Crippen LogP contribution in [-0.2, 0) is 11.3 Å². The van der Waals surface area contributed by atoms with E-state index in [0.717, 1.165) is 37.4 Å². The van der Waals surface area contributed by atoms with Crippen LogP contribution in [-0.4, -0.2) is 32.6 Å². The number of carbonyl (C=O) groups is 1.